The third kappa shape index (κ3) is 6.57. The van der Waals surface area contributed by atoms with Gasteiger partial charge in [-0.05, 0) is 56.2 Å². The summed E-state index contributed by atoms with van der Waals surface area (Å²) in [6.07, 6.45) is 3.51. The van der Waals surface area contributed by atoms with Crippen molar-refractivity contribution in [2.24, 2.45) is 5.41 Å². The maximum Gasteiger partial charge on any atom is 0.265 e. The van der Waals surface area contributed by atoms with Crippen molar-refractivity contribution in [1.82, 2.24) is 9.97 Å². The van der Waals surface area contributed by atoms with E-state index in [1.807, 2.05) is 4.90 Å². The van der Waals surface area contributed by atoms with Crippen LogP contribution >= 0.6 is 0 Å². The highest BCUT2D eigenvalue weighted by Crippen LogP contribution is 2.54. The molecule has 3 N–H and O–H groups in total. The van der Waals surface area contributed by atoms with Crippen molar-refractivity contribution in [1.29, 1.82) is 0 Å². The Morgan fingerprint density at radius 1 is 0.900 bits per heavy atom. The zero-order chi connectivity index (χ0) is 28.8. The Morgan fingerprint density at radius 3 is 2.17 bits per heavy atom. The number of anilines is 4. The molecule has 1 aromatic carbocycles. The lowest BCUT2D eigenvalue weighted by atomic mass is 9.93. The van der Waals surface area contributed by atoms with Crippen LogP contribution in [0.4, 0.5) is 31.9 Å². The predicted octanol–water partition coefficient (Wildman–Crippen LogP) is 2.94. The average Bonchev–Trinajstić information content (AvgIpc) is 3.62. The summed E-state index contributed by atoms with van der Waals surface area (Å²) >= 11 is 0. The molecule has 2 aliphatic heterocycles. The van der Waals surface area contributed by atoms with Crippen molar-refractivity contribution in [2.75, 3.05) is 57.8 Å². The van der Waals surface area contributed by atoms with Crippen molar-refractivity contribution in [3.05, 3.63) is 30.0 Å². The number of benzene rings is 1. The summed E-state index contributed by atoms with van der Waals surface area (Å²) in [5.74, 6) is -3.05. The van der Waals surface area contributed by atoms with Gasteiger partial charge in [0.2, 0.25) is 16.0 Å². The molecule has 2 saturated heterocycles. The van der Waals surface area contributed by atoms with Crippen molar-refractivity contribution in [2.45, 2.75) is 56.3 Å². The summed E-state index contributed by atoms with van der Waals surface area (Å²) in [6, 6.07) is 5.68. The van der Waals surface area contributed by atoms with Gasteiger partial charge in [0.05, 0.1) is 23.7 Å². The Morgan fingerprint density at radius 2 is 1.55 bits per heavy atom. The van der Waals surface area contributed by atoms with Crippen LogP contribution in [-0.2, 0) is 20.0 Å². The van der Waals surface area contributed by atoms with E-state index in [0.29, 0.717) is 29.9 Å². The predicted molar refractivity (Wildman–Crippen MR) is 148 cm³/mol. The van der Waals surface area contributed by atoms with Crippen LogP contribution in [0.3, 0.4) is 0 Å². The van der Waals surface area contributed by atoms with E-state index in [9.17, 15) is 25.6 Å². The van der Waals surface area contributed by atoms with Gasteiger partial charge >= 0.3 is 0 Å². The largest absolute Gasteiger partial charge is 0.395 e. The van der Waals surface area contributed by atoms with Gasteiger partial charge in [0.15, 0.2) is 0 Å². The summed E-state index contributed by atoms with van der Waals surface area (Å²) < 4.78 is 84.1. The first kappa shape index (κ1) is 28.7. The highest BCUT2D eigenvalue weighted by Gasteiger charge is 2.45. The number of piperidine rings is 2. The maximum absolute atomic E-state index is 13.7. The lowest BCUT2D eigenvalue weighted by Crippen LogP contribution is -2.40. The normalized spacial score (nSPS) is 20.4. The van der Waals surface area contributed by atoms with Gasteiger partial charge in [0.1, 0.15) is 10.7 Å². The first-order valence-corrected chi connectivity index (χ1v) is 16.4. The molecule has 2 aromatic rings. The number of aliphatic hydroxyl groups is 1. The summed E-state index contributed by atoms with van der Waals surface area (Å²) in [5, 5.41) is 9.07. The minimum atomic E-state index is -4.20. The molecule has 1 spiro atoms. The van der Waals surface area contributed by atoms with Gasteiger partial charge in [-0.2, -0.15) is 4.98 Å². The van der Waals surface area contributed by atoms with Crippen molar-refractivity contribution in [3.8, 4) is 0 Å². The van der Waals surface area contributed by atoms with E-state index in [1.54, 1.807) is 11.8 Å². The van der Waals surface area contributed by atoms with Gasteiger partial charge in [-0.1, -0.05) is 0 Å². The minimum absolute atomic E-state index is 0.00841. The highest BCUT2D eigenvalue weighted by atomic mass is 32.2. The van der Waals surface area contributed by atoms with Crippen LogP contribution in [0, 0.1) is 12.3 Å². The molecule has 40 heavy (non-hydrogen) atoms. The number of hydrogen-bond donors (Lipinski definition) is 3. The van der Waals surface area contributed by atoms with Gasteiger partial charge in [0.25, 0.3) is 15.9 Å². The Kier molecular flexibility index (Phi) is 7.59. The summed E-state index contributed by atoms with van der Waals surface area (Å²) in [5.41, 5.74) is 1.36. The molecule has 3 heterocycles. The van der Waals surface area contributed by atoms with Gasteiger partial charge < -0.3 is 14.9 Å². The van der Waals surface area contributed by atoms with Crippen molar-refractivity contribution >= 4 is 43.2 Å². The van der Waals surface area contributed by atoms with Gasteiger partial charge in [-0.25, -0.2) is 30.6 Å². The zero-order valence-electron chi connectivity index (χ0n) is 22.2. The molecule has 15 heteroatoms. The van der Waals surface area contributed by atoms with Crippen LogP contribution in [0.5, 0.6) is 0 Å². The second-order valence-corrected chi connectivity index (χ2v) is 14.4. The first-order valence-electron chi connectivity index (χ1n) is 13.3. The Hall–Kier alpha value is -2.78. The van der Waals surface area contributed by atoms with E-state index in [2.05, 4.69) is 19.4 Å². The monoisotopic (exact) mass is 600 g/mol. The van der Waals surface area contributed by atoms with E-state index < -0.39 is 38.3 Å². The Balaban J connectivity index is 1.44. The average molecular weight is 601 g/mol. The lowest BCUT2D eigenvalue weighted by molar-refractivity contribution is -0.0222. The fourth-order valence-electron chi connectivity index (χ4n) is 5.28. The third-order valence-electron chi connectivity index (χ3n) is 7.86. The number of aliphatic hydroxyl groups excluding tert-OH is 1. The van der Waals surface area contributed by atoms with E-state index in [0.717, 1.165) is 12.8 Å². The molecular weight excluding hydrogens is 566 g/mol. The van der Waals surface area contributed by atoms with E-state index in [4.69, 9.17) is 5.11 Å². The molecule has 0 bridgehead atoms. The number of rotatable bonds is 9. The molecule has 11 nitrogen and oxygen atoms in total. The molecule has 0 radical (unpaired) electrons. The summed E-state index contributed by atoms with van der Waals surface area (Å²) in [6.45, 7) is 2.49. The van der Waals surface area contributed by atoms with Gasteiger partial charge in [-0.15, -0.1) is 0 Å². The van der Waals surface area contributed by atoms with Crippen LogP contribution in [0.15, 0.2) is 29.2 Å². The van der Waals surface area contributed by atoms with E-state index >= 15 is 0 Å². The zero-order valence-corrected chi connectivity index (χ0v) is 23.9. The van der Waals surface area contributed by atoms with Crippen molar-refractivity contribution < 1.29 is 30.7 Å². The Labute approximate surface area is 233 Å². The first-order chi connectivity index (χ1) is 18.8. The van der Waals surface area contributed by atoms with Crippen molar-refractivity contribution in [3.63, 3.8) is 0 Å². The second kappa shape index (κ2) is 10.6. The number of halogens is 2. The molecule has 3 aliphatic rings. The number of hydrogen-bond acceptors (Lipinski definition) is 9. The molecule has 0 amide bonds. The molecule has 3 fully saturated rings. The molecule has 1 aliphatic carbocycles. The van der Waals surface area contributed by atoms with E-state index in [1.165, 1.54) is 37.1 Å². The van der Waals surface area contributed by atoms with Crippen LogP contribution < -0.4 is 19.2 Å². The van der Waals surface area contributed by atoms with Crippen LogP contribution in [0.1, 0.15) is 44.2 Å². The van der Waals surface area contributed by atoms with Gasteiger partial charge in [-0.3, -0.25) is 9.44 Å². The maximum atomic E-state index is 13.7. The van der Waals surface area contributed by atoms with Crippen LogP contribution in [-0.4, -0.2) is 76.4 Å². The van der Waals surface area contributed by atoms with E-state index in [-0.39, 0.29) is 48.3 Å². The highest BCUT2D eigenvalue weighted by molar-refractivity contribution is 7.93. The summed E-state index contributed by atoms with van der Waals surface area (Å²) in [4.78, 5) is 12.2. The Bertz CT molecular complexity index is 1460. The topological polar surface area (TPSA) is 145 Å². The number of alkyl halides is 2. The van der Waals surface area contributed by atoms with Crippen LogP contribution in [0.25, 0.3) is 0 Å². The summed E-state index contributed by atoms with van der Waals surface area (Å²) in [7, 11) is -8.02. The molecule has 1 saturated carbocycles. The fourth-order valence-corrected chi connectivity index (χ4v) is 7.31. The SMILES string of the molecule is Cc1cc(NS(=O)(=O)c2ccc(NS(=O)(=O)CCO)cc2N2CCC3(CC2)CC3)nc(N2CCC(F)(F)CC2)n1. The number of sulfonamides is 2. The van der Waals surface area contributed by atoms with Gasteiger partial charge in [0, 0.05) is 50.8 Å². The molecule has 5 rings (SSSR count). The molecule has 0 atom stereocenters. The molecule has 1 aromatic heterocycles. The standard InChI is InChI=1S/C25H34F2N6O5S2/c1-18-16-22(29-23(28-18)33-12-8-25(26,27)9-13-33)31-40(37,38)21-3-2-19(30-39(35,36)15-14-34)17-20(21)32-10-6-24(4-5-24)7-11-32/h2-3,16-17,30,34H,4-15H2,1H3,(H,28,29,31). The quantitative estimate of drug-likeness (QED) is 0.396. The third-order valence-corrected chi connectivity index (χ3v) is 10.5. The minimum Gasteiger partial charge on any atom is -0.395 e. The number of nitrogens with one attached hydrogen (secondary N) is 2. The smallest absolute Gasteiger partial charge is 0.265 e. The van der Waals surface area contributed by atoms with Crippen LogP contribution in [0.2, 0.25) is 0 Å². The number of aromatic nitrogens is 2. The fraction of sp³-hybridized carbons (Fsp3) is 0.600. The number of aryl methyl sites for hydroxylation is 1. The molecule has 220 valence electrons. The molecular formula is C25H34F2N6O5S2. The second-order valence-electron chi connectivity index (χ2n) is 11.0. The lowest BCUT2D eigenvalue weighted by Gasteiger charge is -2.35. The number of nitrogens with zero attached hydrogens (tertiary/aromatic N) is 4. The molecule has 0 unspecified atom stereocenters.